The van der Waals surface area contributed by atoms with E-state index < -0.39 is 16.1 Å². The third-order valence-electron chi connectivity index (χ3n) is 5.06. The summed E-state index contributed by atoms with van der Waals surface area (Å²) in [5.41, 5.74) is 1.41. The standard InChI is InChI=1S/C20H23ClN6O4S2/c1-5-18(28)26-6-7-27(33(4,30)31)16(11-26)12-8-13(23-17(21)9-12)14-10-15(19(29)22-2)25-20(24-14)32-3/h5,8-10,16H,1,6-7,11H2,2-4H3,(H,22,29)/t16-/m0/s1. The predicted octanol–water partition coefficient (Wildman–Crippen LogP) is 1.60. The maximum atomic E-state index is 12.5. The summed E-state index contributed by atoms with van der Waals surface area (Å²) in [5, 5.41) is 3.01. The van der Waals surface area contributed by atoms with Crippen molar-refractivity contribution in [3.63, 3.8) is 0 Å². The Bertz CT molecular complexity index is 1210. The third-order valence-corrected chi connectivity index (χ3v) is 7.09. The molecular weight excluding hydrogens is 488 g/mol. The summed E-state index contributed by atoms with van der Waals surface area (Å²) < 4.78 is 26.3. The number of sulfonamides is 1. The van der Waals surface area contributed by atoms with Crippen LogP contribution in [-0.2, 0) is 14.8 Å². The highest BCUT2D eigenvalue weighted by atomic mass is 35.5. The molecule has 1 saturated heterocycles. The number of rotatable bonds is 6. The van der Waals surface area contributed by atoms with Crippen LogP contribution < -0.4 is 5.32 Å². The fraction of sp³-hybridized carbons (Fsp3) is 0.350. The first-order valence-corrected chi connectivity index (χ1v) is 13.2. The summed E-state index contributed by atoms with van der Waals surface area (Å²) in [6.45, 7) is 4.01. The van der Waals surface area contributed by atoms with Crippen LogP contribution in [-0.4, -0.2) is 83.6 Å². The monoisotopic (exact) mass is 510 g/mol. The number of carbonyl (C=O) groups is 2. The zero-order chi connectivity index (χ0) is 24.3. The zero-order valence-corrected chi connectivity index (χ0v) is 20.7. The van der Waals surface area contributed by atoms with Gasteiger partial charge in [0.05, 0.1) is 23.7 Å². The number of piperazine rings is 1. The Hall–Kier alpha value is -2.54. The molecule has 2 amide bonds. The predicted molar refractivity (Wildman–Crippen MR) is 127 cm³/mol. The number of hydrogen-bond donors (Lipinski definition) is 1. The van der Waals surface area contributed by atoms with Crippen LogP contribution in [0, 0.1) is 0 Å². The summed E-state index contributed by atoms with van der Waals surface area (Å²) in [6.07, 6.45) is 4.10. The molecule has 3 rings (SSSR count). The Balaban J connectivity index is 2.11. The molecule has 0 aromatic carbocycles. The molecule has 0 radical (unpaired) electrons. The van der Waals surface area contributed by atoms with Crippen LogP contribution in [0.3, 0.4) is 0 Å². The molecule has 0 aliphatic carbocycles. The SMILES string of the molecule is C=CC(=O)N1CCN(S(C)(=O)=O)[C@H](c2cc(Cl)nc(-c3cc(C(=O)NC)nc(SC)n3)c2)C1. The molecule has 13 heteroatoms. The van der Waals surface area contributed by atoms with Gasteiger partial charge in [-0.15, -0.1) is 0 Å². The number of aromatic nitrogens is 3. The van der Waals surface area contributed by atoms with Gasteiger partial charge >= 0.3 is 0 Å². The van der Waals surface area contributed by atoms with E-state index in [2.05, 4.69) is 26.8 Å². The largest absolute Gasteiger partial charge is 0.354 e. The van der Waals surface area contributed by atoms with Crippen molar-refractivity contribution < 1.29 is 18.0 Å². The van der Waals surface area contributed by atoms with Crippen LogP contribution in [0.2, 0.25) is 5.15 Å². The van der Waals surface area contributed by atoms with Crippen molar-refractivity contribution in [2.75, 3.05) is 39.2 Å². The molecule has 176 valence electrons. The molecule has 1 atom stereocenters. The Morgan fingerprint density at radius 2 is 1.91 bits per heavy atom. The smallest absolute Gasteiger partial charge is 0.269 e. The molecule has 2 aromatic heterocycles. The van der Waals surface area contributed by atoms with Crippen LogP contribution in [0.15, 0.2) is 36.0 Å². The molecule has 1 aliphatic heterocycles. The van der Waals surface area contributed by atoms with Crippen LogP contribution in [0.5, 0.6) is 0 Å². The van der Waals surface area contributed by atoms with Gasteiger partial charge in [-0.1, -0.05) is 29.9 Å². The van der Waals surface area contributed by atoms with Gasteiger partial charge in [0.2, 0.25) is 15.9 Å². The second kappa shape index (κ2) is 10.2. The lowest BCUT2D eigenvalue weighted by atomic mass is 10.0. The average Bonchev–Trinajstić information content (AvgIpc) is 2.81. The maximum Gasteiger partial charge on any atom is 0.269 e. The van der Waals surface area contributed by atoms with Gasteiger partial charge in [0.15, 0.2) is 5.16 Å². The van der Waals surface area contributed by atoms with Crippen molar-refractivity contribution in [2.45, 2.75) is 11.2 Å². The van der Waals surface area contributed by atoms with E-state index in [9.17, 15) is 18.0 Å². The minimum atomic E-state index is -3.58. The van der Waals surface area contributed by atoms with E-state index in [0.717, 1.165) is 6.26 Å². The molecule has 3 heterocycles. The van der Waals surface area contributed by atoms with Crippen molar-refractivity contribution in [1.82, 2.24) is 29.5 Å². The van der Waals surface area contributed by atoms with E-state index in [4.69, 9.17) is 11.6 Å². The fourth-order valence-electron chi connectivity index (χ4n) is 3.50. The molecular formula is C20H23ClN6O4S2. The molecule has 0 bridgehead atoms. The summed E-state index contributed by atoms with van der Waals surface area (Å²) in [6, 6.07) is 4.03. The molecule has 2 aromatic rings. The summed E-state index contributed by atoms with van der Waals surface area (Å²) in [4.78, 5) is 38.9. The lowest BCUT2D eigenvalue weighted by molar-refractivity contribution is -0.128. The molecule has 0 saturated carbocycles. The van der Waals surface area contributed by atoms with Crippen LogP contribution in [0.4, 0.5) is 0 Å². The first-order valence-electron chi connectivity index (χ1n) is 9.78. The van der Waals surface area contributed by atoms with Crippen molar-refractivity contribution in [3.05, 3.63) is 47.3 Å². The third kappa shape index (κ3) is 5.69. The second-order valence-corrected chi connectivity index (χ2v) is 10.3. The van der Waals surface area contributed by atoms with E-state index in [1.165, 1.54) is 40.2 Å². The van der Waals surface area contributed by atoms with Crippen molar-refractivity contribution in [2.24, 2.45) is 0 Å². The normalized spacial score (nSPS) is 17.0. The number of nitrogens with zero attached hydrogens (tertiary/aromatic N) is 5. The quantitative estimate of drug-likeness (QED) is 0.269. The minimum absolute atomic E-state index is 0.119. The molecule has 1 N–H and O–H groups in total. The number of nitrogens with one attached hydrogen (secondary N) is 1. The lowest BCUT2D eigenvalue weighted by Crippen LogP contribution is -2.51. The van der Waals surface area contributed by atoms with Gasteiger partial charge < -0.3 is 10.2 Å². The van der Waals surface area contributed by atoms with Crippen molar-refractivity contribution >= 4 is 45.2 Å². The molecule has 1 aliphatic rings. The number of halogens is 1. The van der Waals surface area contributed by atoms with E-state index >= 15 is 0 Å². The molecule has 1 fully saturated rings. The lowest BCUT2D eigenvalue weighted by Gasteiger charge is -2.40. The molecule has 10 nitrogen and oxygen atoms in total. The van der Waals surface area contributed by atoms with Crippen LogP contribution in [0.25, 0.3) is 11.4 Å². The van der Waals surface area contributed by atoms with Crippen molar-refractivity contribution in [3.8, 4) is 11.4 Å². The van der Waals surface area contributed by atoms with E-state index in [1.807, 2.05) is 0 Å². The van der Waals surface area contributed by atoms with E-state index in [-0.39, 0.29) is 42.3 Å². The highest BCUT2D eigenvalue weighted by molar-refractivity contribution is 7.98. The highest BCUT2D eigenvalue weighted by Crippen LogP contribution is 2.32. The first kappa shape index (κ1) is 25.1. The van der Waals surface area contributed by atoms with Gasteiger partial charge in [-0.2, -0.15) is 4.31 Å². The van der Waals surface area contributed by atoms with Crippen LogP contribution in [0.1, 0.15) is 22.1 Å². The number of thioether (sulfide) groups is 1. The molecule has 33 heavy (non-hydrogen) atoms. The minimum Gasteiger partial charge on any atom is -0.354 e. The van der Waals surface area contributed by atoms with Gasteiger partial charge in [0.25, 0.3) is 5.91 Å². The van der Waals surface area contributed by atoms with Gasteiger partial charge in [-0.05, 0) is 36.1 Å². The van der Waals surface area contributed by atoms with E-state index in [0.29, 0.717) is 22.1 Å². The van der Waals surface area contributed by atoms with Crippen LogP contribution >= 0.6 is 23.4 Å². The molecule has 0 spiro atoms. The summed E-state index contributed by atoms with van der Waals surface area (Å²) in [7, 11) is -2.08. The van der Waals surface area contributed by atoms with Gasteiger partial charge in [-0.25, -0.2) is 23.4 Å². The number of amides is 2. The second-order valence-electron chi connectivity index (χ2n) is 7.19. The van der Waals surface area contributed by atoms with Gasteiger partial charge in [0, 0.05) is 26.7 Å². The van der Waals surface area contributed by atoms with Gasteiger partial charge in [0.1, 0.15) is 10.8 Å². The maximum absolute atomic E-state index is 12.5. The Kier molecular flexibility index (Phi) is 7.73. The fourth-order valence-corrected chi connectivity index (χ4v) is 5.16. The average molecular weight is 511 g/mol. The number of hydrogen-bond acceptors (Lipinski definition) is 8. The summed E-state index contributed by atoms with van der Waals surface area (Å²) >= 11 is 7.57. The number of carbonyl (C=O) groups excluding carboxylic acids is 2. The highest BCUT2D eigenvalue weighted by Gasteiger charge is 2.35. The van der Waals surface area contributed by atoms with Crippen molar-refractivity contribution in [1.29, 1.82) is 0 Å². The zero-order valence-electron chi connectivity index (χ0n) is 18.3. The molecule has 0 unspecified atom stereocenters. The van der Waals surface area contributed by atoms with E-state index in [1.54, 1.807) is 18.4 Å². The Labute approximate surface area is 201 Å². The Morgan fingerprint density at radius 1 is 1.21 bits per heavy atom. The summed E-state index contributed by atoms with van der Waals surface area (Å²) in [5.74, 6) is -0.672. The topological polar surface area (TPSA) is 125 Å². The number of pyridine rings is 1. The first-order chi connectivity index (χ1) is 15.6. The van der Waals surface area contributed by atoms with Gasteiger partial charge in [-0.3, -0.25) is 9.59 Å². The Morgan fingerprint density at radius 3 is 2.52 bits per heavy atom.